The number of carbonyl (C=O) groups is 1. The number of aromatic amines is 1. The van der Waals surface area contributed by atoms with Crippen molar-refractivity contribution in [3.8, 4) is 5.69 Å². The molecule has 138 valence electrons. The molecule has 2 heterocycles. The van der Waals surface area contributed by atoms with Gasteiger partial charge in [-0.3, -0.25) is 9.69 Å². The molecule has 2 N–H and O–H groups in total. The number of benzene rings is 1. The van der Waals surface area contributed by atoms with Crippen molar-refractivity contribution in [2.45, 2.75) is 25.8 Å². The van der Waals surface area contributed by atoms with E-state index in [-0.39, 0.29) is 33.5 Å². The summed E-state index contributed by atoms with van der Waals surface area (Å²) in [6, 6.07) is 4.58. The van der Waals surface area contributed by atoms with Crippen LogP contribution in [-0.4, -0.2) is 38.6 Å². The number of aromatic nitrogens is 2. The molecule has 0 spiro atoms. The van der Waals surface area contributed by atoms with Gasteiger partial charge in [-0.05, 0) is 38.1 Å². The van der Waals surface area contributed by atoms with Gasteiger partial charge in [-0.1, -0.05) is 35.7 Å². The van der Waals surface area contributed by atoms with Gasteiger partial charge in [0.2, 0.25) is 0 Å². The largest absolute Gasteiger partial charge is 0.477 e. The number of rotatable bonds is 4. The van der Waals surface area contributed by atoms with E-state index in [1.54, 1.807) is 6.07 Å². The summed E-state index contributed by atoms with van der Waals surface area (Å²) in [6.45, 7) is 1.69. The van der Waals surface area contributed by atoms with Crippen molar-refractivity contribution in [3.05, 3.63) is 60.3 Å². The summed E-state index contributed by atoms with van der Waals surface area (Å²) in [5, 5.41) is 9.66. The molecule has 1 fully saturated rings. The highest BCUT2D eigenvalue weighted by atomic mass is 35.5. The number of likely N-dealkylation sites (tertiary alicyclic amines) is 1. The molecule has 0 saturated carbocycles. The maximum atomic E-state index is 13.0. The van der Waals surface area contributed by atoms with E-state index in [1.807, 2.05) is 4.90 Å². The Hall–Kier alpha value is -2.09. The molecule has 3 rings (SSSR count). The third kappa shape index (κ3) is 3.56. The number of carboxylic acid groups (broad SMARTS) is 1. The Morgan fingerprint density at radius 3 is 2.50 bits per heavy atom. The number of aromatic carboxylic acids is 1. The first-order valence-corrected chi connectivity index (χ1v) is 8.94. The zero-order valence-corrected chi connectivity index (χ0v) is 15.3. The Morgan fingerprint density at radius 1 is 1.15 bits per heavy atom. The molecule has 0 atom stereocenters. The van der Waals surface area contributed by atoms with E-state index in [9.17, 15) is 19.5 Å². The van der Waals surface area contributed by atoms with Gasteiger partial charge < -0.3 is 10.1 Å². The highest BCUT2D eigenvalue weighted by Gasteiger charge is 2.23. The molecule has 0 aliphatic carbocycles. The second kappa shape index (κ2) is 7.65. The predicted molar refractivity (Wildman–Crippen MR) is 98.8 cm³/mol. The van der Waals surface area contributed by atoms with Crippen LogP contribution in [0.3, 0.4) is 0 Å². The zero-order chi connectivity index (χ0) is 18.8. The van der Waals surface area contributed by atoms with Crippen LogP contribution in [0.15, 0.2) is 27.8 Å². The fourth-order valence-electron chi connectivity index (χ4n) is 3.13. The Labute approximate surface area is 158 Å². The van der Waals surface area contributed by atoms with Crippen LogP contribution >= 0.6 is 23.2 Å². The predicted octanol–water partition coefficient (Wildman–Crippen LogP) is 2.52. The molecule has 1 saturated heterocycles. The van der Waals surface area contributed by atoms with Gasteiger partial charge in [-0.25, -0.2) is 14.2 Å². The number of H-pyrrole nitrogens is 1. The average Bonchev–Trinajstić information content (AvgIpc) is 2.61. The number of nitrogens with one attached hydrogen (secondary N) is 1. The molecule has 26 heavy (non-hydrogen) atoms. The van der Waals surface area contributed by atoms with Gasteiger partial charge in [0.15, 0.2) is 0 Å². The molecule has 1 aliphatic rings. The Morgan fingerprint density at radius 2 is 1.85 bits per heavy atom. The summed E-state index contributed by atoms with van der Waals surface area (Å²) in [6.07, 6.45) is 3.08. The Kier molecular flexibility index (Phi) is 5.50. The fourth-order valence-corrected chi connectivity index (χ4v) is 3.51. The second-order valence-corrected chi connectivity index (χ2v) is 6.92. The van der Waals surface area contributed by atoms with Crippen LogP contribution < -0.4 is 11.2 Å². The van der Waals surface area contributed by atoms with E-state index in [4.69, 9.17) is 23.2 Å². The summed E-state index contributed by atoms with van der Waals surface area (Å²) in [7, 11) is 0. The molecule has 7 nitrogen and oxygen atoms in total. The van der Waals surface area contributed by atoms with Gasteiger partial charge in [-0.2, -0.15) is 0 Å². The van der Waals surface area contributed by atoms with Gasteiger partial charge in [0.1, 0.15) is 5.69 Å². The smallest absolute Gasteiger partial charge is 0.352 e. The van der Waals surface area contributed by atoms with Gasteiger partial charge >= 0.3 is 11.7 Å². The van der Waals surface area contributed by atoms with Crippen molar-refractivity contribution in [2.24, 2.45) is 0 Å². The lowest BCUT2D eigenvalue weighted by molar-refractivity contribution is 0.0686. The molecular weight excluding hydrogens is 381 g/mol. The van der Waals surface area contributed by atoms with Gasteiger partial charge in [0.05, 0.1) is 21.3 Å². The lowest BCUT2D eigenvalue weighted by Crippen LogP contribution is -2.41. The first-order valence-electron chi connectivity index (χ1n) is 8.18. The van der Waals surface area contributed by atoms with Crippen molar-refractivity contribution < 1.29 is 9.90 Å². The SMILES string of the molecule is O=C(O)c1[nH]c(=O)n(-c2cccc(Cl)c2Cl)c(=O)c1CN1CCCCC1. The van der Waals surface area contributed by atoms with Crippen LogP contribution in [0, 0.1) is 0 Å². The molecule has 0 unspecified atom stereocenters. The minimum absolute atomic E-state index is 0.0232. The number of nitrogens with zero attached hydrogens (tertiary/aromatic N) is 2. The fraction of sp³-hybridized carbons (Fsp3) is 0.353. The van der Waals surface area contributed by atoms with Crippen molar-refractivity contribution in [3.63, 3.8) is 0 Å². The van der Waals surface area contributed by atoms with Crippen LogP contribution in [0.4, 0.5) is 0 Å². The van der Waals surface area contributed by atoms with E-state index < -0.39 is 17.2 Å². The van der Waals surface area contributed by atoms with E-state index >= 15 is 0 Å². The standard InChI is InChI=1S/C17H17Cl2N3O4/c18-11-5-4-6-12(13(11)19)22-15(23)10(9-21-7-2-1-3-8-21)14(16(24)25)20-17(22)26/h4-6H,1-3,7-9H2,(H,20,26)(H,24,25). The van der Waals surface area contributed by atoms with Crippen LogP contribution in [-0.2, 0) is 6.54 Å². The molecule has 0 bridgehead atoms. The number of carboxylic acids is 1. The van der Waals surface area contributed by atoms with Crippen LogP contribution in [0.5, 0.6) is 0 Å². The van der Waals surface area contributed by atoms with Crippen LogP contribution in [0.2, 0.25) is 10.0 Å². The second-order valence-electron chi connectivity index (χ2n) is 6.14. The van der Waals surface area contributed by atoms with Gasteiger partial charge in [0.25, 0.3) is 5.56 Å². The molecule has 0 amide bonds. The number of hydrogen-bond donors (Lipinski definition) is 2. The summed E-state index contributed by atoms with van der Waals surface area (Å²) < 4.78 is 0.833. The quantitative estimate of drug-likeness (QED) is 0.825. The van der Waals surface area contributed by atoms with Crippen LogP contribution in [0.1, 0.15) is 35.3 Å². The van der Waals surface area contributed by atoms with Gasteiger partial charge in [0, 0.05) is 6.54 Å². The third-order valence-corrected chi connectivity index (χ3v) is 5.22. The molecule has 0 radical (unpaired) electrons. The molecule has 2 aromatic rings. The van der Waals surface area contributed by atoms with Crippen molar-refractivity contribution in [1.82, 2.24) is 14.5 Å². The highest BCUT2D eigenvalue weighted by molar-refractivity contribution is 6.43. The van der Waals surface area contributed by atoms with Crippen molar-refractivity contribution in [1.29, 1.82) is 0 Å². The van der Waals surface area contributed by atoms with Crippen molar-refractivity contribution >= 4 is 29.2 Å². The maximum absolute atomic E-state index is 13.0. The molecule has 1 aromatic heterocycles. The normalized spacial score (nSPS) is 15.2. The molecule has 9 heteroatoms. The van der Waals surface area contributed by atoms with E-state index in [1.165, 1.54) is 12.1 Å². The lowest BCUT2D eigenvalue weighted by atomic mass is 10.1. The maximum Gasteiger partial charge on any atom is 0.352 e. The highest BCUT2D eigenvalue weighted by Crippen LogP contribution is 2.27. The van der Waals surface area contributed by atoms with Crippen molar-refractivity contribution in [2.75, 3.05) is 13.1 Å². The minimum Gasteiger partial charge on any atom is -0.477 e. The summed E-state index contributed by atoms with van der Waals surface area (Å²) >= 11 is 12.1. The first kappa shape index (κ1) is 18.7. The first-order chi connectivity index (χ1) is 12.4. The third-order valence-electron chi connectivity index (χ3n) is 4.41. The van der Waals surface area contributed by atoms with E-state index in [2.05, 4.69) is 4.98 Å². The topological polar surface area (TPSA) is 95.4 Å². The van der Waals surface area contributed by atoms with E-state index in [0.717, 1.165) is 36.9 Å². The Bertz CT molecular complexity index is 961. The lowest BCUT2D eigenvalue weighted by Gasteiger charge is -2.26. The zero-order valence-electron chi connectivity index (χ0n) is 13.8. The minimum atomic E-state index is -1.35. The molecular formula is C17H17Cl2N3O4. The van der Waals surface area contributed by atoms with Crippen LogP contribution in [0.25, 0.3) is 5.69 Å². The summed E-state index contributed by atoms with van der Waals surface area (Å²) in [4.78, 5) is 41.3. The molecule has 1 aliphatic heterocycles. The van der Waals surface area contributed by atoms with Gasteiger partial charge in [-0.15, -0.1) is 0 Å². The average molecular weight is 398 g/mol. The number of hydrogen-bond acceptors (Lipinski definition) is 4. The Balaban J connectivity index is 2.19. The summed E-state index contributed by atoms with van der Waals surface area (Å²) in [5.41, 5.74) is -1.84. The summed E-state index contributed by atoms with van der Waals surface area (Å²) in [5.74, 6) is -1.35. The number of halogens is 2. The number of piperidine rings is 1. The molecule has 1 aromatic carbocycles. The monoisotopic (exact) mass is 397 g/mol. The van der Waals surface area contributed by atoms with E-state index in [0.29, 0.717) is 0 Å².